The van der Waals surface area contributed by atoms with Gasteiger partial charge in [0.2, 0.25) is 0 Å². The number of halogens is 1. The van der Waals surface area contributed by atoms with Crippen LogP contribution >= 0.6 is 11.6 Å². The number of hydrogen-bond donors (Lipinski definition) is 1. The fourth-order valence-corrected chi connectivity index (χ4v) is 3.63. The van der Waals surface area contributed by atoms with E-state index in [4.69, 9.17) is 21.1 Å². The van der Waals surface area contributed by atoms with Crippen molar-refractivity contribution in [3.8, 4) is 5.75 Å². The molecular weight excluding hydrogens is 338 g/mol. The van der Waals surface area contributed by atoms with Gasteiger partial charge in [0, 0.05) is 61.3 Å². The third kappa shape index (κ3) is 4.05. The second-order valence-corrected chi connectivity index (χ2v) is 7.15. The van der Waals surface area contributed by atoms with Gasteiger partial charge >= 0.3 is 0 Å². The Morgan fingerprint density at radius 1 is 1.16 bits per heavy atom. The zero-order valence-electron chi connectivity index (χ0n) is 14.0. The Kier molecular flexibility index (Phi) is 5.04. The third-order valence-corrected chi connectivity index (χ3v) is 5.17. The smallest absolute Gasteiger partial charge is 0.127 e. The van der Waals surface area contributed by atoms with Gasteiger partial charge in [-0.25, -0.2) is 4.98 Å². The van der Waals surface area contributed by atoms with Crippen molar-refractivity contribution in [2.24, 2.45) is 0 Å². The van der Waals surface area contributed by atoms with E-state index in [1.165, 1.54) is 5.56 Å². The minimum Gasteiger partial charge on any atom is -0.490 e. The Labute approximate surface area is 152 Å². The molecule has 4 rings (SSSR count). The molecule has 2 fully saturated rings. The van der Waals surface area contributed by atoms with Crippen molar-refractivity contribution in [2.75, 3.05) is 18.5 Å². The van der Waals surface area contributed by atoms with E-state index in [9.17, 15) is 0 Å². The third-order valence-electron chi connectivity index (χ3n) is 4.93. The summed E-state index contributed by atoms with van der Waals surface area (Å²) in [6.45, 7) is 1.64. The van der Waals surface area contributed by atoms with Crippen LogP contribution in [0.4, 0.5) is 5.82 Å². The second kappa shape index (κ2) is 7.58. The quantitative estimate of drug-likeness (QED) is 0.872. The highest BCUT2D eigenvalue weighted by Gasteiger charge is 2.32. The minimum atomic E-state index is 0.234. The van der Waals surface area contributed by atoms with Crippen LogP contribution in [0.25, 0.3) is 0 Å². The monoisotopic (exact) mass is 359 g/mol. The van der Waals surface area contributed by atoms with Crippen molar-refractivity contribution in [3.05, 3.63) is 47.4 Å². The van der Waals surface area contributed by atoms with Gasteiger partial charge in [0.25, 0.3) is 0 Å². The van der Waals surface area contributed by atoms with E-state index < -0.39 is 0 Å². The van der Waals surface area contributed by atoms with E-state index in [0.29, 0.717) is 17.0 Å². The van der Waals surface area contributed by atoms with Crippen LogP contribution in [0.15, 0.2) is 36.8 Å². The zero-order valence-corrected chi connectivity index (χ0v) is 14.8. The van der Waals surface area contributed by atoms with Crippen molar-refractivity contribution < 1.29 is 9.47 Å². The second-order valence-electron chi connectivity index (χ2n) is 6.71. The first-order valence-corrected chi connectivity index (χ1v) is 9.22. The Morgan fingerprint density at radius 3 is 2.80 bits per heavy atom. The normalized spacial score (nSPS) is 23.7. The summed E-state index contributed by atoms with van der Waals surface area (Å²) in [5.74, 6) is 2.29. The minimum absolute atomic E-state index is 0.234. The molecule has 1 saturated carbocycles. The maximum Gasteiger partial charge on any atom is 0.127 e. The van der Waals surface area contributed by atoms with E-state index in [1.54, 1.807) is 12.3 Å². The molecular formula is C19H22ClN3O2. The van der Waals surface area contributed by atoms with Gasteiger partial charge in [0.05, 0.1) is 0 Å². The molecule has 0 atom stereocenters. The van der Waals surface area contributed by atoms with Crippen molar-refractivity contribution in [3.63, 3.8) is 0 Å². The molecule has 2 aromatic rings. The highest BCUT2D eigenvalue weighted by Crippen LogP contribution is 2.36. The van der Waals surface area contributed by atoms with E-state index in [0.717, 1.165) is 50.5 Å². The number of hydrogen-bond acceptors (Lipinski definition) is 5. The molecule has 5 nitrogen and oxygen atoms in total. The molecule has 1 saturated heterocycles. The largest absolute Gasteiger partial charge is 0.490 e. The molecule has 0 bridgehead atoms. The summed E-state index contributed by atoms with van der Waals surface area (Å²) >= 11 is 6.00. The fourth-order valence-electron chi connectivity index (χ4n) is 3.47. The first kappa shape index (κ1) is 16.6. The van der Waals surface area contributed by atoms with Crippen molar-refractivity contribution in [1.82, 2.24) is 9.97 Å². The Balaban J connectivity index is 1.33. The molecule has 25 heavy (non-hydrogen) atoms. The molecule has 0 spiro atoms. The molecule has 0 unspecified atom stereocenters. The molecule has 1 aliphatic heterocycles. The van der Waals surface area contributed by atoms with Crippen LogP contribution in [0.3, 0.4) is 0 Å². The van der Waals surface area contributed by atoms with E-state index in [1.807, 2.05) is 24.5 Å². The van der Waals surface area contributed by atoms with Crippen LogP contribution in [0.5, 0.6) is 5.75 Å². The van der Waals surface area contributed by atoms with Crippen molar-refractivity contribution >= 4 is 17.4 Å². The number of aromatic nitrogens is 2. The zero-order chi connectivity index (χ0) is 17.1. The average Bonchev–Trinajstić information content (AvgIpc) is 2.61. The molecule has 1 aliphatic carbocycles. The van der Waals surface area contributed by atoms with Gasteiger partial charge in [-0.2, -0.15) is 0 Å². The summed E-state index contributed by atoms with van der Waals surface area (Å²) in [5, 5.41) is 4.11. The number of anilines is 1. The lowest BCUT2D eigenvalue weighted by molar-refractivity contribution is 0.0806. The average molecular weight is 360 g/mol. The number of nitrogens with one attached hydrogen (secondary N) is 1. The number of nitrogens with zero attached hydrogens (tertiary/aromatic N) is 2. The van der Waals surface area contributed by atoms with Gasteiger partial charge in [-0.15, -0.1) is 0 Å². The maximum atomic E-state index is 6.26. The molecule has 2 aromatic heterocycles. The molecule has 6 heteroatoms. The highest BCUT2D eigenvalue weighted by atomic mass is 35.5. The lowest BCUT2D eigenvalue weighted by Gasteiger charge is -2.37. The molecule has 3 heterocycles. The summed E-state index contributed by atoms with van der Waals surface area (Å²) in [4.78, 5) is 8.59. The van der Waals surface area contributed by atoms with Crippen LogP contribution in [-0.4, -0.2) is 35.3 Å². The maximum absolute atomic E-state index is 6.26. The number of ether oxygens (including phenoxy) is 2. The summed E-state index contributed by atoms with van der Waals surface area (Å²) in [7, 11) is 0. The Hall–Kier alpha value is -1.85. The predicted molar refractivity (Wildman–Crippen MR) is 97.3 cm³/mol. The molecule has 0 aromatic carbocycles. The highest BCUT2D eigenvalue weighted by molar-refractivity contribution is 6.30. The molecule has 0 radical (unpaired) electrons. The van der Waals surface area contributed by atoms with Gasteiger partial charge in [-0.1, -0.05) is 11.6 Å². The predicted octanol–water partition coefficient (Wildman–Crippen LogP) is 4.05. The van der Waals surface area contributed by atoms with Crippen LogP contribution in [0, 0.1) is 0 Å². The van der Waals surface area contributed by atoms with Gasteiger partial charge in [0.1, 0.15) is 17.7 Å². The number of pyridine rings is 2. The SMILES string of the molecule is Clc1ccnc(NC2CC(Oc3ccncc3C3CCOCC3)C2)c1. The van der Waals surface area contributed by atoms with E-state index in [-0.39, 0.29) is 6.10 Å². The number of rotatable bonds is 5. The standard InChI is InChI=1S/C19H22ClN3O2/c20-14-1-6-22-19(9-14)23-15-10-16(11-15)25-18-2-5-21-12-17(18)13-3-7-24-8-4-13/h1-2,5-6,9,12-13,15-16H,3-4,7-8,10-11H2,(H,22,23). The van der Waals surface area contributed by atoms with Crippen LogP contribution in [0.1, 0.15) is 37.2 Å². The Bertz CT molecular complexity index is 715. The van der Waals surface area contributed by atoms with E-state index >= 15 is 0 Å². The lowest BCUT2D eigenvalue weighted by Crippen LogP contribution is -2.42. The van der Waals surface area contributed by atoms with Crippen LogP contribution in [-0.2, 0) is 4.74 Å². The van der Waals surface area contributed by atoms with Crippen molar-refractivity contribution in [1.29, 1.82) is 0 Å². The summed E-state index contributed by atoms with van der Waals surface area (Å²) in [6, 6.07) is 6.00. The van der Waals surface area contributed by atoms with Gasteiger partial charge in [-0.05, 0) is 37.0 Å². The first-order chi connectivity index (χ1) is 12.3. The molecule has 0 amide bonds. The molecule has 132 valence electrons. The van der Waals surface area contributed by atoms with Crippen molar-refractivity contribution in [2.45, 2.75) is 43.7 Å². The van der Waals surface area contributed by atoms with Gasteiger partial charge in [-0.3, -0.25) is 4.98 Å². The van der Waals surface area contributed by atoms with Gasteiger partial charge < -0.3 is 14.8 Å². The Morgan fingerprint density at radius 2 is 2.00 bits per heavy atom. The van der Waals surface area contributed by atoms with Crippen LogP contribution in [0.2, 0.25) is 5.02 Å². The fraction of sp³-hybridized carbons (Fsp3) is 0.474. The summed E-state index contributed by atoms with van der Waals surface area (Å²) in [6.07, 6.45) is 9.71. The van der Waals surface area contributed by atoms with E-state index in [2.05, 4.69) is 15.3 Å². The summed E-state index contributed by atoms with van der Waals surface area (Å²) < 4.78 is 11.7. The first-order valence-electron chi connectivity index (χ1n) is 8.84. The molecule has 2 aliphatic rings. The summed E-state index contributed by atoms with van der Waals surface area (Å²) in [5.41, 5.74) is 1.22. The molecule has 1 N–H and O–H groups in total. The lowest BCUT2D eigenvalue weighted by atomic mass is 9.88. The van der Waals surface area contributed by atoms with Crippen LogP contribution < -0.4 is 10.1 Å². The van der Waals surface area contributed by atoms with Gasteiger partial charge in [0.15, 0.2) is 0 Å². The topological polar surface area (TPSA) is 56.3 Å².